The smallest absolute Gasteiger partial charge is 0.366 e. The molecule has 0 bridgehead atoms. The van der Waals surface area contributed by atoms with Gasteiger partial charge >= 0.3 is 11.8 Å². The number of carboxylic acid groups (broad SMARTS) is 1. The zero-order valence-electron chi connectivity index (χ0n) is 11.9. The van der Waals surface area contributed by atoms with E-state index in [2.05, 4.69) is 4.98 Å². The van der Waals surface area contributed by atoms with Gasteiger partial charge in [0.25, 0.3) is 11.7 Å². The highest BCUT2D eigenvalue weighted by atomic mass is 16.6. The maximum atomic E-state index is 12.3. The van der Waals surface area contributed by atoms with E-state index >= 15 is 0 Å². The van der Waals surface area contributed by atoms with E-state index in [9.17, 15) is 19.7 Å². The van der Waals surface area contributed by atoms with Crippen molar-refractivity contribution in [3.63, 3.8) is 0 Å². The van der Waals surface area contributed by atoms with Crippen LogP contribution in [0, 0.1) is 10.1 Å². The lowest BCUT2D eigenvalue weighted by Gasteiger charge is -2.30. The lowest BCUT2D eigenvalue weighted by Crippen LogP contribution is -2.46. The van der Waals surface area contributed by atoms with Crippen molar-refractivity contribution in [2.75, 3.05) is 11.4 Å². The Morgan fingerprint density at radius 3 is 2.86 bits per heavy atom. The summed E-state index contributed by atoms with van der Waals surface area (Å²) in [5.41, 5.74) is 0. The highest BCUT2D eigenvalue weighted by molar-refractivity contribution is 5.99. The van der Waals surface area contributed by atoms with Gasteiger partial charge in [-0.15, -0.1) is 0 Å². The summed E-state index contributed by atoms with van der Waals surface area (Å²) in [7, 11) is 0. The van der Waals surface area contributed by atoms with E-state index in [1.165, 1.54) is 17.0 Å². The van der Waals surface area contributed by atoms with Crippen molar-refractivity contribution in [1.29, 1.82) is 0 Å². The molecule has 0 aliphatic carbocycles. The number of hydrogen-bond acceptors (Lipinski definition) is 6. The summed E-state index contributed by atoms with van der Waals surface area (Å²) < 4.78 is 5.49. The molecule has 1 atom stereocenters. The molecule has 0 aromatic carbocycles. The zero-order valence-corrected chi connectivity index (χ0v) is 11.9. The van der Waals surface area contributed by atoms with Crippen LogP contribution in [0.3, 0.4) is 0 Å². The Hall–Kier alpha value is -2.71. The molecule has 0 fully saturated rings. The minimum atomic E-state index is -0.972. The molecule has 1 aromatic rings. The Bertz CT molecular complexity index is 618. The normalized spacial score (nSPS) is 16.9. The fourth-order valence-electron chi connectivity index (χ4n) is 2.16. The van der Waals surface area contributed by atoms with Crippen LogP contribution in [0.1, 0.15) is 26.2 Å². The van der Waals surface area contributed by atoms with Gasteiger partial charge in [-0.1, -0.05) is 6.92 Å². The zero-order chi connectivity index (χ0) is 16.3. The van der Waals surface area contributed by atoms with Crippen LogP contribution in [0.15, 0.2) is 12.1 Å². The van der Waals surface area contributed by atoms with Crippen LogP contribution in [-0.2, 0) is 9.59 Å². The lowest BCUT2D eigenvalue weighted by molar-refractivity contribution is -0.389. The fourth-order valence-corrected chi connectivity index (χ4v) is 2.16. The molecule has 1 aromatic heterocycles. The van der Waals surface area contributed by atoms with Crippen molar-refractivity contribution in [2.24, 2.45) is 0 Å². The van der Waals surface area contributed by atoms with Gasteiger partial charge in [-0.05, 0) is 28.8 Å². The second kappa shape index (κ2) is 6.37. The number of rotatable bonds is 6. The molecule has 1 aliphatic heterocycles. The van der Waals surface area contributed by atoms with E-state index in [-0.39, 0.29) is 36.9 Å². The standard InChI is InChI=1S/C13H15N3O6/c1-2-8-13(19)15(7-3-4-11(17)18)12-9(22-8)5-6-10(14-12)16(20)21/h5-6,8H,2-4,7H2,1H3,(H,17,18). The van der Waals surface area contributed by atoms with Gasteiger partial charge in [0.2, 0.25) is 0 Å². The summed E-state index contributed by atoms with van der Waals surface area (Å²) in [4.78, 5) is 38.2. The van der Waals surface area contributed by atoms with Crippen LogP contribution >= 0.6 is 0 Å². The molecule has 1 amide bonds. The van der Waals surface area contributed by atoms with E-state index in [0.29, 0.717) is 6.42 Å². The van der Waals surface area contributed by atoms with Crippen molar-refractivity contribution >= 4 is 23.5 Å². The highest BCUT2D eigenvalue weighted by Crippen LogP contribution is 2.34. The minimum Gasteiger partial charge on any atom is -0.481 e. The van der Waals surface area contributed by atoms with Crippen molar-refractivity contribution in [1.82, 2.24) is 4.98 Å². The Labute approximate surface area is 125 Å². The second-order valence-corrected chi connectivity index (χ2v) is 4.75. The number of nitro groups is 1. The van der Waals surface area contributed by atoms with E-state index in [0.717, 1.165) is 0 Å². The van der Waals surface area contributed by atoms with Crippen LogP contribution in [0.4, 0.5) is 11.6 Å². The third kappa shape index (κ3) is 3.13. The third-order valence-electron chi connectivity index (χ3n) is 3.22. The first-order chi connectivity index (χ1) is 10.4. The molecule has 0 saturated carbocycles. The number of amides is 1. The van der Waals surface area contributed by atoms with Gasteiger partial charge in [0.05, 0.1) is 0 Å². The monoisotopic (exact) mass is 309 g/mol. The van der Waals surface area contributed by atoms with E-state index < -0.39 is 22.8 Å². The topological polar surface area (TPSA) is 123 Å². The Morgan fingerprint density at radius 1 is 1.55 bits per heavy atom. The van der Waals surface area contributed by atoms with Gasteiger partial charge < -0.3 is 20.0 Å². The van der Waals surface area contributed by atoms with Crippen LogP contribution in [0.2, 0.25) is 0 Å². The maximum absolute atomic E-state index is 12.3. The molecular weight excluding hydrogens is 294 g/mol. The molecular formula is C13H15N3O6. The number of aromatic nitrogens is 1. The summed E-state index contributed by atoms with van der Waals surface area (Å²) in [6.07, 6.45) is -0.141. The first-order valence-electron chi connectivity index (χ1n) is 6.79. The predicted octanol–water partition coefficient (Wildman–Crippen LogP) is 1.36. The molecule has 0 spiro atoms. The number of fused-ring (bicyclic) bond motifs is 1. The summed E-state index contributed by atoms with van der Waals surface area (Å²) in [5, 5.41) is 19.5. The number of nitrogens with zero attached hydrogens (tertiary/aromatic N) is 3. The Morgan fingerprint density at radius 2 is 2.27 bits per heavy atom. The average Bonchev–Trinajstić information content (AvgIpc) is 2.48. The van der Waals surface area contributed by atoms with E-state index in [4.69, 9.17) is 9.84 Å². The minimum absolute atomic E-state index is 0.0642. The second-order valence-electron chi connectivity index (χ2n) is 4.75. The molecule has 22 heavy (non-hydrogen) atoms. The van der Waals surface area contributed by atoms with Crippen molar-refractivity contribution < 1.29 is 24.4 Å². The van der Waals surface area contributed by atoms with Gasteiger partial charge in [-0.25, -0.2) is 0 Å². The number of anilines is 1. The summed E-state index contributed by atoms with van der Waals surface area (Å²) >= 11 is 0. The summed E-state index contributed by atoms with van der Waals surface area (Å²) in [5.74, 6) is -1.39. The van der Waals surface area contributed by atoms with Gasteiger partial charge in [0, 0.05) is 19.0 Å². The van der Waals surface area contributed by atoms with Crippen molar-refractivity contribution in [3.8, 4) is 5.75 Å². The average molecular weight is 309 g/mol. The summed E-state index contributed by atoms with van der Waals surface area (Å²) in [6.45, 7) is 1.90. The molecule has 9 heteroatoms. The number of pyridine rings is 1. The van der Waals surface area contributed by atoms with Crippen molar-refractivity contribution in [3.05, 3.63) is 22.2 Å². The van der Waals surface area contributed by atoms with Crippen LogP contribution < -0.4 is 9.64 Å². The van der Waals surface area contributed by atoms with Crippen LogP contribution in [-0.4, -0.2) is 39.5 Å². The Balaban J connectivity index is 2.32. The number of carbonyl (C=O) groups is 2. The SMILES string of the molecule is CCC1Oc2ccc([N+](=O)[O-])nc2N(CCCC(=O)O)C1=O. The first kappa shape index (κ1) is 15.7. The van der Waals surface area contributed by atoms with Crippen LogP contribution in [0.25, 0.3) is 0 Å². The van der Waals surface area contributed by atoms with Gasteiger partial charge in [0.1, 0.15) is 0 Å². The van der Waals surface area contributed by atoms with Crippen LogP contribution in [0.5, 0.6) is 5.75 Å². The molecule has 9 nitrogen and oxygen atoms in total. The number of hydrogen-bond donors (Lipinski definition) is 1. The van der Waals surface area contributed by atoms with Gasteiger partial charge in [0.15, 0.2) is 11.9 Å². The maximum Gasteiger partial charge on any atom is 0.366 e. The molecule has 2 heterocycles. The van der Waals surface area contributed by atoms with E-state index in [1.807, 2.05) is 0 Å². The molecule has 1 N–H and O–H groups in total. The van der Waals surface area contributed by atoms with E-state index in [1.54, 1.807) is 6.92 Å². The lowest BCUT2D eigenvalue weighted by atomic mass is 10.1. The number of aliphatic carboxylic acids is 1. The summed E-state index contributed by atoms with van der Waals surface area (Å²) in [6, 6.07) is 2.61. The van der Waals surface area contributed by atoms with Gasteiger partial charge in [-0.3, -0.25) is 14.5 Å². The number of carbonyl (C=O) groups excluding carboxylic acids is 1. The molecule has 2 rings (SSSR count). The largest absolute Gasteiger partial charge is 0.481 e. The fraction of sp³-hybridized carbons (Fsp3) is 0.462. The number of ether oxygens (including phenoxy) is 1. The van der Waals surface area contributed by atoms with Gasteiger partial charge in [-0.2, -0.15) is 0 Å². The predicted molar refractivity (Wildman–Crippen MR) is 74.8 cm³/mol. The number of carboxylic acids is 1. The molecule has 118 valence electrons. The molecule has 0 saturated heterocycles. The third-order valence-corrected chi connectivity index (χ3v) is 3.22. The quantitative estimate of drug-likeness (QED) is 0.621. The molecule has 1 aliphatic rings. The first-order valence-corrected chi connectivity index (χ1v) is 6.79. The Kier molecular flexibility index (Phi) is 4.54. The highest BCUT2D eigenvalue weighted by Gasteiger charge is 2.37. The van der Waals surface area contributed by atoms with Crippen molar-refractivity contribution in [2.45, 2.75) is 32.3 Å². The molecule has 0 radical (unpaired) electrons. The molecule has 1 unspecified atom stereocenters.